The number of hydrogen-bond donors (Lipinski definition) is 0. The maximum atomic E-state index is 11.7. The number of ether oxygens (including phenoxy) is 2. The molecule has 0 atom stereocenters. The van der Waals surface area contributed by atoms with Crippen molar-refractivity contribution in [3.63, 3.8) is 0 Å². The SMILES string of the molecule is C[CH]OC(=O)OC(C1CCCCC1)C1CCCCC1. The van der Waals surface area contributed by atoms with E-state index in [2.05, 4.69) is 0 Å². The maximum Gasteiger partial charge on any atom is 0.508 e. The molecule has 0 amide bonds. The van der Waals surface area contributed by atoms with Gasteiger partial charge >= 0.3 is 6.16 Å². The predicted molar refractivity (Wildman–Crippen MR) is 74.5 cm³/mol. The van der Waals surface area contributed by atoms with Gasteiger partial charge in [-0.1, -0.05) is 38.5 Å². The van der Waals surface area contributed by atoms with Crippen LogP contribution in [0.25, 0.3) is 0 Å². The van der Waals surface area contributed by atoms with Crippen LogP contribution in [-0.4, -0.2) is 12.3 Å². The summed E-state index contributed by atoms with van der Waals surface area (Å²) in [5.41, 5.74) is 0. The Balaban J connectivity index is 1.96. The van der Waals surface area contributed by atoms with Crippen LogP contribution in [0.15, 0.2) is 0 Å². The molecule has 3 nitrogen and oxygen atoms in total. The van der Waals surface area contributed by atoms with E-state index < -0.39 is 6.16 Å². The number of hydrogen-bond acceptors (Lipinski definition) is 3. The smallest absolute Gasteiger partial charge is 0.430 e. The second-order valence-electron chi connectivity index (χ2n) is 5.98. The van der Waals surface area contributed by atoms with Crippen LogP contribution in [-0.2, 0) is 9.47 Å². The van der Waals surface area contributed by atoms with Gasteiger partial charge in [-0.05, 0) is 44.4 Å². The second-order valence-corrected chi connectivity index (χ2v) is 5.98. The first-order valence-corrected chi connectivity index (χ1v) is 7.96. The number of carbonyl (C=O) groups excluding carboxylic acids is 1. The molecule has 0 aliphatic heterocycles. The molecule has 0 N–H and O–H groups in total. The van der Waals surface area contributed by atoms with Crippen LogP contribution >= 0.6 is 0 Å². The van der Waals surface area contributed by atoms with E-state index in [0.717, 1.165) is 0 Å². The third-order valence-electron chi connectivity index (χ3n) is 4.68. The highest BCUT2D eigenvalue weighted by Crippen LogP contribution is 2.37. The van der Waals surface area contributed by atoms with E-state index in [9.17, 15) is 4.79 Å². The van der Waals surface area contributed by atoms with Crippen LogP contribution < -0.4 is 0 Å². The molecule has 0 aromatic rings. The van der Waals surface area contributed by atoms with Crippen LogP contribution in [0.5, 0.6) is 0 Å². The third kappa shape index (κ3) is 4.39. The van der Waals surface area contributed by atoms with Gasteiger partial charge in [0, 0.05) is 0 Å². The fraction of sp³-hybridized carbons (Fsp3) is 0.875. The minimum Gasteiger partial charge on any atom is -0.430 e. The molecule has 2 fully saturated rings. The highest BCUT2D eigenvalue weighted by molar-refractivity contribution is 5.60. The molecule has 0 bridgehead atoms. The van der Waals surface area contributed by atoms with Gasteiger partial charge in [0.2, 0.25) is 0 Å². The first-order valence-electron chi connectivity index (χ1n) is 7.96. The monoisotopic (exact) mass is 267 g/mol. The first kappa shape index (κ1) is 14.7. The summed E-state index contributed by atoms with van der Waals surface area (Å²) in [6.07, 6.45) is 12.2. The Kier molecular flexibility index (Phi) is 5.99. The average Bonchev–Trinajstić information content (AvgIpc) is 2.47. The summed E-state index contributed by atoms with van der Waals surface area (Å²) < 4.78 is 10.5. The summed E-state index contributed by atoms with van der Waals surface area (Å²) in [4.78, 5) is 11.7. The average molecular weight is 267 g/mol. The number of rotatable bonds is 4. The Morgan fingerprint density at radius 3 is 1.84 bits per heavy atom. The molecule has 1 radical (unpaired) electrons. The summed E-state index contributed by atoms with van der Waals surface area (Å²) >= 11 is 0. The van der Waals surface area contributed by atoms with E-state index in [1.807, 2.05) is 0 Å². The molecule has 3 heteroatoms. The van der Waals surface area contributed by atoms with Gasteiger partial charge in [0.15, 0.2) is 0 Å². The minimum atomic E-state index is -0.511. The van der Waals surface area contributed by atoms with Gasteiger partial charge in [-0.25, -0.2) is 4.79 Å². The van der Waals surface area contributed by atoms with Crippen LogP contribution in [0.1, 0.15) is 71.1 Å². The normalized spacial score (nSPS) is 22.4. The fourth-order valence-corrected chi connectivity index (χ4v) is 3.74. The predicted octanol–water partition coefficient (Wildman–Crippen LogP) is 4.85. The van der Waals surface area contributed by atoms with Crippen molar-refractivity contribution in [2.75, 3.05) is 0 Å². The van der Waals surface area contributed by atoms with Crippen molar-refractivity contribution in [1.29, 1.82) is 0 Å². The van der Waals surface area contributed by atoms with Gasteiger partial charge < -0.3 is 9.47 Å². The van der Waals surface area contributed by atoms with Gasteiger partial charge in [-0.3, -0.25) is 0 Å². The van der Waals surface area contributed by atoms with Crippen molar-refractivity contribution in [2.45, 2.75) is 77.2 Å². The molecule has 2 saturated carbocycles. The van der Waals surface area contributed by atoms with Crippen molar-refractivity contribution in [3.8, 4) is 0 Å². The lowest BCUT2D eigenvalue weighted by Gasteiger charge is -2.36. The van der Waals surface area contributed by atoms with E-state index in [-0.39, 0.29) is 6.10 Å². The molecule has 2 aliphatic rings. The molecule has 0 saturated heterocycles. The lowest BCUT2D eigenvalue weighted by atomic mass is 9.75. The molecule has 0 unspecified atom stereocenters. The van der Waals surface area contributed by atoms with Crippen LogP contribution in [0.2, 0.25) is 0 Å². The van der Waals surface area contributed by atoms with Crippen LogP contribution in [0, 0.1) is 18.4 Å². The minimum absolute atomic E-state index is 0.0908. The van der Waals surface area contributed by atoms with Crippen molar-refractivity contribution in [1.82, 2.24) is 0 Å². The largest absolute Gasteiger partial charge is 0.508 e. The molecule has 0 heterocycles. The third-order valence-corrected chi connectivity index (χ3v) is 4.68. The van der Waals surface area contributed by atoms with E-state index in [0.29, 0.717) is 11.8 Å². The molecule has 109 valence electrons. The maximum absolute atomic E-state index is 11.7. The van der Waals surface area contributed by atoms with E-state index in [4.69, 9.17) is 9.47 Å². The Morgan fingerprint density at radius 2 is 1.42 bits per heavy atom. The van der Waals surface area contributed by atoms with Crippen molar-refractivity contribution in [2.24, 2.45) is 11.8 Å². The number of carbonyl (C=O) groups is 1. The fourth-order valence-electron chi connectivity index (χ4n) is 3.74. The molecule has 2 rings (SSSR count). The molecule has 19 heavy (non-hydrogen) atoms. The summed E-state index contributed by atoms with van der Waals surface area (Å²) in [6.45, 7) is 3.11. The highest BCUT2D eigenvalue weighted by Gasteiger charge is 2.34. The summed E-state index contributed by atoms with van der Waals surface area (Å²) in [7, 11) is 0. The highest BCUT2D eigenvalue weighted by atomic mass is 16.7. The van der Waals surface area contributed by atoms with E-state index >= 15 is 0 Å². The Morgan fingerprint density at radius 1 is 0.947 bits per heavy atom. The summed E-state index contributed by atoms with van der Waals surface area (Å²) in [5.74, 6) is 1.11. The quantitative estimate of drug-likeness (QED) is 0.683. The second kappa shape index (κ2) is 7.76. The standard InChI is InChI=1S/C16H27O3/c1-2-18-16(17)19-15(13-9-5-3-6-10-13)14-11-7-4-8-12-14/h2,13-15H,3-12H2,1H3. The Bertz CT molecular complexity index is 247. The van der Waals surface area contributed by atoms with Gasteiger partial charge in [-0.15, -0.1) is 0 Å². The van der Waals surface area contributed by atoms with E-state index in [1.54, 1.807) is 6.92 Å². The Hall–Kier alpha value is -0.730. The lowest BCUT2D eigenvalue weighted by molar-refractivity contribution is -0.0305. The van der Waals surface area contributed by atoms with Crippen molar-refractivity contribution >= 4 is 6.16 Å². The van der Waals surface area contributed by atoms with Gasteiger partial charge in [-0.2, -0.15) is 0 Å². The van der Waals surface area contributed by atoms with Gasteiger partial charge in [0.25, 0.3) is 0 Å². The summed E-state index contributed by atoms with van der Waals surface area (Å²) in [6, 6.07) is 0. The molecule has 0 aromatic heterocycles. The van der Waals surface area contributed by atoms with Crippen LogP contribution in [0.4, 0.5) is 4.79 Å². The molecule has 2 aliphatic carbocycles. The Labute approximate surface area is 117 Å². The zero-order valence-electron chi connectivity index (χ0n) is 12.1. The van der Waals surface area contributed by atoms with Crippen molar-refractivity contribution in [3.05, 3.63) is 6.61 Å². The van der Waals surface area contributed by atoms with Crippen LogP contribution in [0.3, 0.4) is 0 Å². The van der Waals surface area contributed by atoms with Gasteiger partial charge in [0.05, 0.1) is 0 Å². The zero-order chi connectivity index (χ0) is 13.5. The van der Waals surface area contributed by atoms with E-state index in [1.165, 1.54) is 70.8 Å². The van der Waals surface area contributed by atoms with Crippen molar-refractivity contribution < 1.29 is 14.3 Å². The zero-order valence-corrected chi connectivity index (χ0v) is 12.1. The first-order chi connectivity index (χ1) is 9.31. The van der Waals surface area contributed by atoms with Gasteiger partial charge in [0.1, 0.15) is 12.7 Å². The molecule has 0 spiro atoms. The molecular formula is C16H27O3. The molecular weight excluding hydrogens is 240 g/mol. The topological polar surface area (TPSA) is 35.5 Å². The molecule has 0 aromatic carbocycles. The summed E-state index contributed by atoms with van der Waals surface area (Å²) in [5, 5.41) is 0. The lowest BCUT2D eigenvalue weighted by Crippen LogP contribution is -2.36.